The number of aromatic nitrogens is 3. The molecule has 2 aliphatic rings. The fourth-order valence-corrected chi connectivity index (χ4v) is 4.53. The first-order valence-corrected chi connectivity index (χ1v) is 12.1. The van der Waals surface area contributed by atoms with Crippen LogP contribution < -0.4 is 25.6 Å². The number of aryl methyl sites for hydroxylation is 1. The number of H-pyrrole nitrogens is 1. The number of aromatic amines is 1. The lowest BCUT2D eigenvalue weighted by molar-refractivity contribution is 0.414. The lowest BCUT2D eigenvalue weighted by Crippen LogP contribution is -2.30. The van der Waals surface area contributed by atoms with Gasteiger partial charge in [0.15, 0.2) is 11.6 Å². The number of ether oxygens (including phenoxy) is 1. The van der Waals surface area contributed by atoms with Gasteiger partial charge >= 0.3 is 6.01 Å². The third-order valence-electron chi connectivity index (χ3n) is 6.58. The van der Waals surface area contributed by atoms with Gasteiger partial charge in [-0.25, -0.2) is 4.39 Å². The van der Waals surface area contributed by atoms with Crippen LogP contribution >= 0.6 is 0 Å². The molecule has 1 aliphatic heterocycles. The number of fused-ring (bicyclic) bond motifs is 1. The molecule has 8 nitrogen and oxygen atoms in total. The van der Waals surface area contributed by atoms with Crippen molar-refractivity contribution in [2.24, 2.45) is 5.92 Å². The molecule has 1 aromatic carbocycles. The number of likely N-dealkylation sites (N-methyl/N-ethyl adjacent to an activating group) is 1. The van der Waals surface area contributed by atoms with Crippen LogP contribution in [0.2, 0.25) is 0 Å². The first-order valence-electron chi connectivity index (χ1n) is 12.1. The quantitative estimate of drug-likeness (QED) is 0.339. The number of allylic oxidation sites excluding steroid dienone is 2. The summed E-state index contributed by atoms with van der Waals surface area (Å²) in [5.74, 6) is 1.48. The van der Waals surface area contributed by atoms with Gasteiger partial charge < -0.3 is 30.6 Å². The Morgan fingerprint density at radius 2 is 2.06 bits per heavy atom. The second kappa shape index (κ2) is 9.58. The lowest BCUT2D eigenvalue weighted by Gasteiger charge is -2.19. The molecule has 1 unspecified atom stereocenters. The smallest absolute Gasteiger partial charge is 0.326 e. The Balaban J connectivity index is 1.45. The summed E-state index contributed by atoms with van der Waals surface area (Å²) in [6.07, 6.45) is 5.40. The third-order valence-corrected chi connectivity index (χ3v) is 6.58. The highest BCUT2D eigenvalue weighted by Gasteiger charge is 2.26. The molecule has 0 amide bonds. The molecular weight excluding hydrogens is 445 g/mol. The molecule has 3 aromatic rings. The van der Waals surface area contributed by atoms with Gasteiger partial charge in [0.1, 0.15) is 11.6 Å². The summed E-state index contributed by atoms with van der Waals surface area (Å²) in [7, 11) is 3.89. The first kappa shape index (κ1) is 23.2. The van der Waals surface area contributed by atoms with Crippen LogP contribution in [-0.4, -0.2) is 48.2 Å². The Hall–Kier alpha value is -3.59. The van der Waals surface area contributed by atoms with Crippen molar-refractivity contribution < 1.29 is 9.13 Å². The molecule has 2 fully saturated rings. The van der Waals surface area contributed by atoms with E-state index in [0.29, 0.717) is 28.9 Å². The number of rotatable bonds is 9. The van der Waals surface area contributed by atoms with Gasteiger partial charge in [0, 0.05) is 60.2 Å². The minimum atomic E-state index is -0.442. The Labute approximate surface area is 204 Å². The molecule has 0 spiro atoms. The number of nitrogens with one attached hydrogen (secondary N) is 4. The molecule has 35 heavy (non-hydrogen) atoms. The van der Waals surface area contributed by atoms with Crippen molar-refractivity contribution in [2.45, 2.75) is 32.2 Å². The van der Waals surface area contributed by atoms with Crippen LogP contribution in [0.1, 0.15) is 25.0 Å². The summed E-state index contributed by atoms with van der Waals surface area (Å²) < 4.78 is 21.1. The van der Waals surface area contributed by atoms with Crippen LogP contribution in [-0.2, 0) is 0 Å². The molecule has 3 heterocycles. The molecule has 0 bridgehead atoms. The van der Waals surface area contributed by atoms with E-state index in [2.05, 4.69) is 42.4 Å². The van der Waals surface area contributed by atoms with Crippen molar-refractivity contribution in [3.63, 3.8) is 0 Å². The van der Waals surface area contributed by atoms with Gasteiger partial charge in [-0.3, -0.25) is 0 Å². The van der Waals surface area contributed by atoms with Crippen LogP contribution in [0.5, 0.6) is 11.8 Å². The Morgan fingerprint density at radius 3 is 2.77 bits per heavy atom. The molecule has 1 saturated carbocycles. The zero-order valence-corrected chi connectivity index (χ0v) is 20.4. The summed E-state index contributed by atoms with van der Waals surface area (Å²) in [6, 6.07) is 7.51. The van der Waals surface area contributed by atoms with Crippen LogP contribution in [0.4, 0.5) is 16.0 Å². The number of anilines is 2. The molecule has 184 valence electrons. The van der Waals surface area contributed by atoms with Crippen LogP contribution in [0, 0.1) is 18.7 Å². The van der Waals surface area contributed by atoms with Crippen molar-refractivity contribution in [1.29, 1.82) is 0 Å². The summed E-state index contributed by atoms with van der Waals surface area (Å²) >= 11 is 0. The predicted molar refractivity (Wildman–Crippen MR) is 137 cm³/mol. The van der Waals surface area contributed by atoms with Crippen molar-refractivity contribution in [3.05, 3.63) is 59.8 Å². The minimum Gasteiger partial charge on any atom is -0.421 e. The van der Waals surface area contributed by atoms with Gasteiger partial charge in [0.05, 0.1) is 0 Å². The van der Waals surface area contributed by atoms with E-state index >= 15 is 4.39 Å². The van der Waals surface area contributed by atoms with E-state index in [1.165, 1.54) is 12.8 Å². The summed E-state index contributed by atoms with van der Waals surface area (Å²) in [4.78, 5) is 14.5. The number of hydrogen-bond acceptors (Lipinski definition) is 7. The maximum absolute atomic E-state index is 15.2. The highest BCUT2D eigenvalue weighted by molar-refractivity contribution is 5.82. The van der Waals surface area contributed by atoms with E-state index in [0.717, 1.165) is 42.2 Å². The Kier molecular flexibility index (Phi) is 6.34. The molecule has 2 aromatic heterocycles. The fourth-order valence-electron chi connectivity index (χ4n) is 4.53. The Morgan fingerprint density at radius 1 is 1.23 bits per heavy atom. The Bertz CT molecular complexity index is 1280. The van der Waals surface area contributed by atoms with Gasteiger partial charge in [-0.15, -0.1) is 0 Å². The van der Waals surface area contributed by atoms with E-state index in [4.69, 9.17) is 4.74 Å². The molecule has 0 radical (unpaired) electrons. The predicted octanol–water partition coefficient (Wildman–Crippen LogP) is 4.43. The van der Waals surface area contributed by atoms with E-state index in [-0.39, 0.29) is 11.8 Å². The maximum atomic E-state index is 15.2. The molecule has 5 rings (SSSR count). The number of benzene rings is 1. The zero-order valence-electron chi connectivity index (χ0n) is 20.4. The van der Waals surface area contributed by atoms with Gasteiger partial charge in [-0.1, -0.05) is 6.58 Å². The van der Waals surface area contributed by atoms with Crippen molar-refractivity contribution in [2.75, 3.05) is 37.4 Å². The fraction of sp³-hybridized carbons (Fsp3) is 0.385. The second-order valence-corrected chi connectivity index (χ2v) is 9.28. The largest absolute Gasteiger partial charge is 0.421 e. The normalized spacial score (nSPS) is 18.2. The number of nitrogens with zero attached hydrogens (tertiary/aromatic N) is 3. The van der Waals surface area contributed by atoms with Crippen LogP contribution in [0.15, 0.2) is 48.3 Å². The molecule has 4 N–H and O–H groups in total. The van der Waals surface area contributed by atoms with Gasteiger partial charge in [-0.2, -0.15) is 9.97 Å². The van der Waals surface area contributed by atoms with E-state index in [1.807, 2.05) is 33.2 Å². The second-order valence-electron chi connectivity index (χ2n) is 9.28. The lowest BCUT2D eigenvalue weighted by atomic mass is 10.2. The molecule has 1 aliphatic carbocycles. The summed E-state index contributed by atoms with van der Waals surface area (Å²) in [5, 5.41) is 10.3. The maximum Gasteiger partial charge on any atom is 0.326 e. The third kappa shape index (κ3) is 5.09. The van der Waals surface area contributed by atoms with Gasteiger partial charge in [0.25, 0.3) is 0 Å². The topological polar surface area (TPSA) is 90.1 Å². The molecular formula is C26H32FN7O. The SMILES string of the molecule is C=C(/C=C(\NC)C1CC1)Nc1cc(N2CCC(NC)C2)nc(Oc2ccc3[nH]c(C)cc3c2F)n1. The summed E-state index contributed by atoms with van der Waals surface area (Å²) in [5.41, 5.74) is 3.47. The highest BCUT2D eigenvalue weighted by Crippen LogP contribution is 2.35. The molecule has 9 heteroatoms. The van der Waals surface area contributed by atoms with E-state index < -0.39 is 5.82 Å². The molecule has 1 atom stereocenters. The minimum absolute atomic E-state index is 0.0798. The van der Waals surface area contributed by atoms with Gasteiger partial charge in [-0.05, 0) is 63.4 Å². The average molecular weight is 478 g/mol. The first-order chi connectivity index (χ1) is 16.9. The van der Waals surface area contributed by atoms with Crippen molar-refractivity contribution >= 4 is 22.5 Å². The van der Waals surface area contributed by atoms with Gasteiger partial charge in [0.2, 0.25) is 0 Å². The standard InChI is InChI=1S/C26H32FN7O/c1-15-11-19-20(30-15)7-8-22(25(19)27)35-26-32-23(31-16(2)12-21(29-4)17-5-6-17)13-24(33-26)34-10-9-18(14-34)28-3/h7-8,11-13,17-18,28-30H,2,5-6,9-10,14H2,1,3-4H3,(H,31,32,33)/b21-12-. The van der Waals surface area contributed by atoms with Crippen LogP contribution in [0.25, 0.3) is 10.9 Å². The number of hydrogen-bond donors (Lipinski definition) is 4. The van der Waals surface area contributed by atoms with E-state index in [9.17, 15) is 0 Å². The molecule has 1 saturated heterocycles. The van der Waals surface area contributed by atoms with Crippen LogP contribution in [0.3, 0.4) is 0 Å². The zero-order chi connectivity index (χ0) is 24.5. The number of halogens is 1. The average Bonchev–Trinajstić information content (AvgIpc) is 3.43. The van der Waals surface area contributed by atoms with Crippen molar-refractivity contribution in [3.8, 4) is 11.8 Å². The monoisotopic (exact) mass is 477 g/mol. The summed E-state index contributed by atoms with van der Waals surface area (Å²) in [6.45, 7) is 7.72. The highest BCUT2D eigenvalue weighted by atomic mass is 19.1. The van der Waals surface area contributed by atoms with Crippen molar-refractivity contribution in [1.82, 2.24) is 25.6 Å². The van der Waals surface area contributed by atoms with E-state index in [1.54, 1.807) is 18.2 Å².